The largest absolute Gasteiger partial charge is 0.373 e. The van der Waals surface area contributed by atoms with E-state index in [0.717, 1.165) is 28.2 Å². The van der Waals surface area contributed by atoms with E-state index < -0.39 is 0 Å². The lowest BCUT2D eigenvalue weighted by molar-refractivity contribution is -0.121. The van der Waals surface area contributed by atoms with Gasteiger partial charge in [0.25, 0.3) is 0 Å². The minimum absolute atomic E-state index is 0.0290. The summed E-state index contributed by atoms with van der Waals surface area (Å²) in [7, 11) is 0. The molecule has 2 aliphatic heterocycles. The highest BCUT2D eigenvalue weighted by molar-refractivity contribution is 5.96. The number of nitrogens with zero attached hydrogens (tertiary/aromatic N) is 2. The minimum atomic E-state index is -0.320. The van der Waals surface area contributed by atoms with Crippen LogP contribution in [0.1, 0.15) is 30.1 Å². The summed E-state index contributed by atoms with van der Waals surface area (Å²) < 4.78 is 7.70. The number of aromatic nitrogens is 2. The predicted molar refractivity (Wildman–Crippen MR) is 112 cm³/mol. The summed E-state index contributed by atoms with van der Waals surface area (Å²) in [5.74, 6) is -0.319. The SMILES string of the molecule is O=C1CCc2cc(NC(=O)[C@H]3CCO[C@@H]3c3cnn(-c4ccccc4)c3)ccc2N1. The van der Waals surface area contributed by atoms with Gasteiger partial charge in [0.2, 0.25) is 11.8 Å². The second-order valence-electron chi connectivity index (χ2n) is 7.65. The van der Waals surface area contributed by atoms with Crippen molar-refractivity contribution < 1.29 is 14.3 Å². The van der Waals surface area contributed by atoms with Crippen molar-refractivity contribution in [2.75, 3.05) is 17.2 Å². The average molecular weight is 402 g/mol. The van der Waals surface area contributed by atoms with E-state index >= 15 is 0 Å². The Morgan fingerprint density at radius 1 is 1.17 bits per heavy atom. The molecule has 2 amide bonds. The number of fused-ring (bicyclic) bond motifs is 1. The molecule has 1 fully saturated rings. The Kier molecular flexibility index (Phi) is 4.80. The monoisotopic (exact) mass is 402 g/mol. The van der Waals surface area contributed by atoms with Crippen LogP contribution in [0.15, 0.2) is 60.9 Å². The maximum absolute atomic E-state index is 13.0. The van der Waals surface area contributed by atoms with Gasteiger partial charge >= 0.3 is 0 Å². The van der Waals surface area contributed by atoms with E-state index in [0.29, 0.717) is 25.9 Å². The molecule has 2 atom stereocenters. The van der Waals surface area contributed by atoms with E-state index in [2.05, 4.69) is 15.7 Å². The van der Waals surface area contributed by atoms with Gasteiger partial charge in [0.05, 0.1) is 23.9 Å². The number of aryl methyl sites for hydroxylation is 1. The molecule has 0 spiro atoms. The van der Waals surface area contributed by atoms with Crippen molar-refractivity contribution in [3.63, 3.8) is 0 Å². The fraction of sp³-hybridized carbons (Fsp3) is 0.261. The smallest absolute Gasteiger partial charge is 0.230 e. The van der Waals surface area contributed by atoms with Crippen LogP contribution < -0.4 is 10.6 Å². The second-order valence-corrected chi connectivity index (χ2v) is 7.65. The van der Waals surface area contributed by atoms with Gasteiger partial charge in [-0.1, -0.05) is 18.2 Å². The van der Waals surface area contributed by atoms with Crippen molar-refractivity contribution in [3.05, 3.63) is 72.1 Å². The Morgan fingerprint density at radius 2 is 2.03 bits per heavy atom. The highest BCUT2D eigenvalue weighted by atomic mass is 16.5. The quantitative estimate of drug-likeness (QED) is 0.700. The Bertz CT molecular complexity index is 1090. The number of hydrogen-bond acceptors (Lipinski definition) is 4. The van der Waals surface area contributed by atoms with Crippen molar-refractivity contribution in [1.82, 2.24) is 9.78 Å². The molecule has 0 bridgehead atoms. The zero-order valence-corrected chi connectivity index (χ0v) is 16.4. The van der Waals surface area contributed by atoms with Crippen molar-refractivity contribution in [2.24, 2.45) is 5.92 Å². The number of nitrogens with one attached hydrogen (secondary N) is 2. The standard InChI is InChI=1S/C23H22N4O3/c28-21-9-6-15-12-17(7-8-20(15)26-21)25-23(29)19-10-11-30-22(19)16-13-24-27(14-16)18-4-2-1-3-5-18/h1-5,7-8,12-14,19,22H,6,9-11H2,(H,25,29)(H,26,28)/t19-,22+/m0/s1. The van der Waals surface area contributed by atoms with Crippen LogP contribution in [0.2, 0.25) is 0 Å². The van der Waals surface area contributed by atoms with E-state index in [1.165, 1.54) is 0 Å². The fourth-order valence-corrected chi connectivity index (χ4v) is 4.09. The first-order chi connectivity index (χ1) is 14.7. The first-order valence-electron chi connectivity index (χ1n) is 10.1. The third-order valence-corrected chi connectivity index (χ3v) is 5.65. The van der Waals surface area contributed by atoms with Gasteiger partial charge in [-0.15, -0.1) is 0 Å². The summed E-state index contributed by atoms with van der Waals surface area (Å²) in [6.45, 7) is 0.537. The zero-order valence-electron chi connectivity index (χ0n) is 16.4. The van der Waals surface area contributed by atoms with E-state index in [9.17, 15) is 9.59 Å². The van der Waals surface area contributed by atoms with Crippen molar-refractivity contribution in [3.8, 4) is 5.69 Å². The van der Waals surface area contributed by atoms with Gasteiger partial charge in [-0.05, 0) is 48.7 Å². The molecule has 152 valence electrons. The second kappa shape index (κ2) is 7.76. The van der Waals surface area contributed by atoms with Crippen LogP contribution in [0.25, 0.3) is 5.69 Å². The number of para-hydroxylation sites is 1. The maximum atomic E-state index is 13.0. The van der Waals surface area contributed by atoms with Gasteiger partial charge in [-0.2, -0.15) is 5.10 Å². The summed E-state index contributed by atoms with van der Waals surface area (Å²) in [6, 6.07) is 15.4. The number of anilines is 2. The summed E-state index contributed by atoms with van der Waals surface area (Å²) >= 11 is 0. The average Bonchev–Trinajstić information content (AvgIpc) is 3.44. The van der Waals surface area contributed by atoms with Crippen LogP contribution in [0.3, 0.4) is 0 Å². The Morgan fingerprint density at radius 3 is 2.90 bits per heavy atom. The molecule has 7 heteroatoms. The number of benzene rings is 2. The van der Waals surface area contributed by atoms with Gasteiger partial charge in [0.15, 0.2) is 0 Å². The molecule has 2 N–H and O–H groups in total. The van der Waals surface area contributed by atoms with Crippen LogP contribution >= 0.6 is 0 Å². The highest BCUT2D eigenvalue weighted by Crippen LogP contribution is 2.36. The molecular formula is C23H22N4O3. The van der Waals surface area contributed by atoms with Crippen molar-refractivity contribution in [2.45, 2.75) is 25.4 Å². The molecule has 3 heterocycles. The van der Waals surface area contributed by atoms with E-state index in [4.69, 9.17) is 4.74 Å². The van der Waals surface area contributed by atoms with Gasteiger partial charge in [-0.3, -0.25) is 9.59 Å². The number of rotatable bonds is 4. The molecule has 5 rings (SSSR count). The predicted octanol–water partition coefficient (Wildman–Crippen LogP) is 3.47. The third-order valence-electron chi connectivity index (χ3n) is 5.65. The molecule has 1 aromatic heterocycles. The van der Waals surface area contributed by atoms with Crippen LogP contribution in [0.5, 0.6) is 0 Å². The Labute approximate surface area is 174 Å². The number of hydrogen-bond donors (Lipinski definition) is 2. The van der Waals surface area contributed by atoms with Gasteiger partial charge < -0.3 is 15.4 Å². The number of carbonyl (C=O) groups excluding carboxylic acids is 2. The summed E-state index contributed by atoms with van der Waals surface area (Å²) in [4.78, 5) is 24.5. The van der Waals surface area contributed by atoms with Gasteiger partial charge in [0, 0.05) is 36.2 Å². The van der Waals surface area contributed by atoms with Crippen LogP contribution in [0, 0.1) is 5.92 Å². The van der Waals surface area contributed by atoms with E-state index in [1.54, 1.807) is 10.9 Å². The third kappa shape index (κ3) is 3.59. The fourth-order valence-electron chi connectivity index (χ4n) is 4.09. The number of ether oxygens (including phenoxy) is 1. The topological polar surface area (TPSA) is 85.2 Å². The molecule has 2 aromatic carbocycles. The maximum Gasteiger partial charge on any atom is 0.230 e. The van der Waals surface area contributed by atoms with E-state index in [-0.39, 0.29) is 23.8 Å². The van der Waals surface area contributed by atoms with Crippen molar-refractivity contribution in [1.29, 1.82) is 0 Å². The molecule has 1 saturated heterocycles. The Hall–Kier alpha value is -3.45. The minimum Gasteiger partial charge on any atom is -0.373 e. The molecule has 30 heavy (non-hydrogen) atoms. The summed E-state index contributed by atoms with van der Waals surface area (Å²) in [5, 5.41) is 10.3. The molecule has 0 saturated carbocycles. The first-order valence-corrected chi connectivity index (χ1v) is 10.1. The first kappa shape index (κ1) is 18.6. The lowest BCUT2D eigenvalue weighted by atomic mass is 9.96. The lowest BCUT2D eigenvalue weighted by Crippen LogP contribution is -2.25. The van der Waals surface area contributed by atoms with E-state index in [1.807, 2.05) is 54.7 Å². The molecule has 7 nitrogen and oxygen atoms in total. The zero-order chi connectivity index (χ0) is 20.5. The molecule has 0 aliphatic carbocycles. The van der Waals surface area contributed by atoms with Gasteiger partial charge in [0.1, 0.15) is 0 Å². The van der Waals surface area contributed by atoms with Gasteiger partial charge in [-0.25, -0.2) is 4.68 Å². The molecule has 0 radical (unpaired) electrons. The molecule has 0 unspecified atom stereocenters. The van der Waals surface area contributed by atoms with Crippen LogP contribution in [-0.4, -0.2) is 28.2 Å². The number of amides is 2. The molecule has 2 aliphatic rings. The highest BCUT2D eigenvalue weighted by Gasteiger charge is 2.36. The lowest BCUT2D eigenvalue weighted by Gasteiger charge is -2.20. The van der Waals surface area contributed by atoms with Crippen molar-refractivity contribution >= 4 is 23.2 Å². The van der Waals surface area contributed by atoms with Crippen LogP contribution in [0.4, 0.5) is 11.4 Å². The molecular weight excluding hydrogens is 380 g/mol. The summed E-state index contributed by atoms with van der Waals surface area (Å²) in [6.07, 6.45) is 5.18. The normalized spacial score (nSPS) is 20.5. The number of carbonyl (C=O) groups is 2. The molecule has 3 aromatic rings. The Balaban J connectivity index is 1.31. The van der Waals surface area contributed by atoms with Crippen LogP contribution in [-0.2, 0) is 20.7 Å². The summed E-state index contributed by atoms with van der Waals surface area (Å²) in [5.41, 5.74) is 4.45.